The Balaban J connectivity index is 2.43. The van der Waals surface area contributed by atoms with Crippen LogP contribution in [0.1, 0.15) is 24.1 Å². The van der Waals surface area contributed by atoms with Gasteiger partial charge in [0.15, 0.2) is 0 Å². The van der Waals surface area contributed by atoms with Crippen LogP contribution in [-0.2, 0) is 10.2 Å². The Kier molecular flexibility index (Phi) is 3.61. The van der Waals surface area contributed by atoms with Gasteiger partial charge in [-0.2, -0.15) is 0 Å². The summed E-state index contributed by atoms with van der Waals surface area (Å²) in [4.78, 5) is 4.03. The molecule has 0 aliphatic carbocycles. The van der Waals surface area contributed by atoms with Crippen molar-refractivity contribution in [2.75, 3.05) is 19.8 Å². The molecule has 0 spiro atoms. The van der Waals surface area contributed by atoms with Crippen molar-refractivity contribution in [3.63, 3.8) is 0 Å². The van der Waals surface area contributed by atoms with E-state index in [0.29, 0.717) is 18.7 Å². The first-order valence-corrected chi connectivity index (χ1v) is 5.60. The molecule has 2 heterocycles. The molecule has 0 aromatic carbocycles. The quantitative estimate of drug-likeness (QED) is 0.851. The molecule has 0 bridgehead atoms. The SMILES string of the molecule is OC[C@]1(c2cc(C(F)F)cc(Cl)n2)CCOC1. The lowest BCUT2D eigenvalue weighted by Gasteiger charge is -2.24. The summed E-state index contributed by atoms with van der Waals surface area (Å²) in [7, 11) is 0. The molecule has 0 saturated carbocycles. The van der Waals surface area contributed by atoms with Crippen LogP contribution in [0.2, 0.25) is 5.15 Å². The number of alkyl halides is 2. The Bertz CT molecular complexity index is 408. The number of hydrogen-bond donors (Lipinski definition) is 1. The summed E-state index contributed by atoms with van der Waals surface area (Å²) in [5.41, 5.74) is -0.505. The van der Waals surface area contributed by atoms with Crippen molar-refractivity contribution in [2.45, 2.75) is 18.3 Å². The molecule has 0 unspecified atom stereocenters. The number of aliphatic hydroxyl groups excluding tert-OH is 1. The minimum atomic E-state index is -2.60. The van der Waals surface area contributed by atoms with Gasteiger partial charge in [-0.1, -0.05) is 11.6 Å². The number of hydrogen-bond acceptors (Lipinski definition) is 3. The van der Waals surface area contributed by atoms with Crippen molar-refractivity contribution in [1.29, 1.82) is 0 Å². The van der Waals surface area contributed by atoms with Crippen LogP contribution in [0.3, 0.4) is 0 Å². The van der Waals surface area contributed by atoms with Crippen molar-refractivity contribution in [3.05, 3.63) is 28.5 Å². The first-order chi connectivity index (χ1) is 8.07. The van der Waals surface area contributed by atoms with Crippen LogP contribution in [0.5, 0.6) is 0 Å². The van der Waals surface area contributed by atoms with Gasteiger partial charge in [-0.25, -0.2) is 13.8 Å². The van der Waals surface area contributed by atoms with Gasteiger partial charge in [0.25, 0.3) is 6.43 Å². The molecule has 1 aromatic rings. The van der Waals surface area contributed by atoms with Gasteiger partial charge in [0, 0.05) is 12.2 Å². The molecular weight excluding hydrogens is 252 g/mol. The number of halogens is 3. The van der Waals surface area contributed by atoms with Crippen molar-refractivity contribution in [2.24, 2.45) is 0 Å². The molecule has 0 amide bonds. The van der Waals surface area contributed by atoms with Crippen molar-refractivity contribution in [3.8, 4) is 0 Å². The lowest BCUT2D eigenvalue weighted by atomic mass is 9.84. The van der Waals surface area contributed by atoms with Gasteiger partial charge in [-0.15, -0.1) is 0 Å². The van der Waals surface area contributed by atoms with Crippen molar-refractivity contribution >= 4 is 11.6 Å². The van der Waals surface area contributed by atoms with E-state index in [9.17, 15) is 13.9 Å². The molecule has 2 rings (SSSR count). The first-order valence-electron chi connectivity index (χ1n) is 5.22. The molecule has 17 heavy (non-hydrogen) atoms. The fraction of sp³-hybridized carbons (Fsp3) is 0.545. The number of ether oxygens (including phenoxy) is 1. The number of pyridine rings is 1. The van der Waals surface area contributed by atoms with Crippen LogP contribution in [0.4, 0.5) is 8.78 Å². The third kappa shape index (κ3) is 2.41. The minimum absolute atomic E-state index is 0.0116. The highest BCUT2D eigenvalue weighted by atomic mass is 35.5. The van der Waals surface area contributed by atoms with Gasteiger partial charge in [-0.3, -0.25) is 0 Å². The molecule has 3 nitrogen and oxygen atoms in total. The van der Waals surface area contributed by atoms with Gasteiger partial charge in [0.2, 0.25) is 0 Å². The van der Waals surface area contributed by atoms with E-state index in [4.69, 9.17) is 16.3 Å². The summed E-state index contributed by atoms with van der Waals surface area (Å²) in [6.07, 6.45) is -2.05. The van der Waals surface area contributed by atoms with Crippen molar-refractivity contribution in [1.82, 2.24) is 4.98 Å². The Morgan fingerprint density at radius 3 is 2.82 bits per heavy atom. The average Bonchev–Trinajstić information content (AvgIpc) is 2.78. The maximum absolute atomic E-state index is 12.7. The van der Waals surface area contributed by atoms with Gasteiger partial charge in [0.1, 0.15) is 5.15 Å². The Hall–Kier alpha value is -0.780. The molecule has 1 atom stereocenters. The second-order valence-corrected chi connectivity index (χ2v) is 4.54. The second-order valence-electron chi connectivity index (χ2n) is 4.15. The van der Waals surface area contributed by atoms with E-state index >= 15 is 0 Å². The fourth-order valence-electron chi connectivity index (χ4n) is 1.93. The van der Waals surface area contributed by atoms with E-state index in [1.165, 1.54) is 6.07 Å². The molecule has 6 heteroatoms. The maximum Gasteiger partial charge on any atom is 0.264 e. The lowest BCUT2D eigenvalue weighted by molar-refractivity contribution is 0.136. The summed E-state index contributed by atoms with van der Waals surface area (Å²) >= 11 is 5.72. The highest BCUT2D eigenvalue weighted by Crippen LogP contribution is 2.34. The van der Waals surface area contributed by atoms with Crippen LogP contribution in [0.15, 0.2) is 12.1 Å². The second kappa shape index (κ2) is 4.84. The highest BCUT2D eigenvalue weighted by molar-refractivity contribution is 6.29. The lowest BCUT2D eigenvalue weighted by Crippen LogP contribution is -2.32. The van der Waals surface area contributed by atoms with E-state index in [-0.39, 0.29) is 23.9 Å². The van der Waals surface area contributed by atoms with Gasteiger partial charge >= 0.3 is 0 Å². The molecule has 94 valence electrons. The van der Waals surface area contributed by atoms with Crippen LogP contribution < -0.4 is 0 Å². The monoisotopic (exact) mass is 263 g/mol. The standard InChI is InChI=1S/C11H12ClF2NO2/c12-9-4-7(10(13)14)3-8(15-9)11(5-16)1-2-17-6-11/h3-4,10,16H,1-2,5-6H2/t11-/m1/s1. The number of aromatic nitrogens is 1. The first kappa shape index (κ1) is 12.7. The van der Waals surface area contributed by atoms with E-state index in [1.54, 1.807) is 0 Å². The summed E-state index contributed by atoms with van der Waals surface area (Å²) in [6, 6.07) is 2.43. The zero-order chi connectivity index (χ0) is 12.5. The van der Waals surface area contributed by atoms with Crippen molar-refractivity contribution < 1.29 is 18.6 Å². The molecule has 1 saturated heterocycles. The molecule has 1 N–H and O–H groups in total. The summed E-state index contributed by atoms with van der Waals surface area (Å²) < 4.78 is 30.5. The Morgan fingerprint density at radius 2 is 2.29 bits per heavy atom. The summed E-state index contributed by atoms with van der Waals surface area (Å²) in [5, 5.41) is 9.45. The van der Waals surface area contributed by atoms with E-state index in [1.807, 2.05) is 0 Å². The van der Waals surface area contributed by atoms with Gasteiger partial charge < -0.3 is 9.84 Å². The Labute approximate surface area is 102 Å². The average molecular weight is 264 g/mol. The van der Waals surface area contributed by atoms with Crippen LogP contribution in [0, 0.1) is 0 Å². The zero-order valence-electron chi connectivity index (χ0n) is 9.00. The highest BCUT2D eigenvalue weighted by Gasteiger charge is 2.38. The topological polar surface area (TPSA) is 42.4 Å². The van der Waals surface area contributed by atoms with Crippen LogP contribution in [0.25, 0.3) is 0 Å². The molecule has 1 fully saturated rings. The normalized spacial score (nSPS) is 24.5. The fourth-order valence-corrected chi connectivity index (χ4v) is 2.15. The number of rotatable bonds is 3. The van der Waals surface area contributed by atoms with Gasteiger partial charge in [0.05, 0.1) is 24.3 Å². The smallest absolute Gasteiger partial charge is 0.264 e. The molecule has 1 aliphatic rings. The number of nitrogens with zero attached hydrogens (tertiary/aromatic N) is 1. The van der Waals surface area contributed by atoms with Crippen LogP contribution in [-0.4, -0.2) is 29.9 Å². The van der Waals surface area contributed by atoms with E-state index < -0.39 is 11.8 Å². The predicted octanol–water partition coefficient (Wildman–Crippen LogP) is 2.32. The molecular formula is C11H12ClF2NO2. The molecule has 1 aromatic heterocycles. The summed E-state index contributed by atoms with van der Waals surface area (Å²) in [5.74, 6) is 0. The predicted molar refractivity (Wildman–Crippen MR) is 58.4 cm³/mol. The number of aliphatic hydroxyl groups is 1. The third-order valence-corrected chi connectivity index (χ3v) is 3.21. The van der Waals surface area contributed by atoms with E-state index in [0.717, 1.165) is 6.07 Å². The largest absolute Gasteiger partial charge is 0.395 e. The Morgan fingerprint density at radius 1 is 1.53 bits per heavy atom. The van der Waals surface area contributed by atoms with E-state index in [2.05, 4.69) is 4.98 Å². The van der Waals surface area contributed by atoms with Crippen LogP contribution >= 0.6 is 11.6 Å². The molecule has 1 aliphatic heterocycles. The summed E-state index contributed by atoms with van der Waals surface area (Å²) in [6.45, 7) is 0.571. The third-order valence-electron chi connectivity index (χ3n) is 3.02. The molecule has 0 radical (unpaired) electrons. The van der Waals surface area contributed by atoms with Gasteiger partial charge in [-0.05, 0) is 18.6 Å². The zero-order valence-corrected chi connectivity index (χ0v) is 9.75. The maximum atomic E-state index is 12.7. The minimum Gasteiger partial charge on any atom is -0.395 e.